The number of rotatable bonds is 2. The van der Waals surface area contributed by atoms with Crippen LogP contribution in [0.5, 0.6) is 0 Å². The zero-order valence-electron chi connectivity index (χ0n) is 7.67. The highest BCUT2D eigenvalue weighted by molar-refractivity contribution is 5.98. The molecule has 68 valence electrons. The molecule has 0 aromatic carbocycles. The normalized spacial score (nSPS) is 19.0. The largest absolute Gasteiger partial charge is 0.295 e. The van der Waals surface area contributed by atoms with Crippen LogP contribution in [0.2, 0.25) is 0 Å². The molecule has 1 aliphatic carbocycles. The van der Waals surface area contributed by atoms with E-state index in [9.17, 15) is 9.59 Å². The van der Waals surface area contributed by atoms with Crippen molar-refractivity contribution in [2.45, 2.75) is 19.8 Å². The minimum Gasteiger partial charge on any atom is -0.295 e. The van der Waals surface area contributed by atoms with Gasteiger partial charge in [-0.3, -0.25) is 4.79 Å². The summed E-state index contributed by atoms with van der Waals surface area (Å²) in [6.45, 7) is 5.51. The highest BCUT2D eigenvalue weighted by Gasteiger charge is 2.19. The Labute approximate surface area is 77.6 Å². The van der Waals surface area contributed by atoms with E-state index < -0.39 is 0 Å². The highest BCUT2D eigenvalue weighted by atomic mass is 16.1. The van der Waals surface area contributed by atoms with E-state index in [0.29, 0.717) is 24.0 Å². The first-order chi connectivity index (χ1) is 6.19. The molecular weight excluding hydrogens is 164 g/mol. The maximum Gasteiger partial charge on any atom is 0.159 e. The number of hydrogen-bond acceptors (Lipinski definition) is 2. The molecule has 0 saturated carbocycles. The van der Waals surface area contributed by atoms with Gasteiger partial charge in [0.05, 0.1) is 0 Å². The summed E-state index contributed by atoms with van der Waals surface area (Å²) >= 11 is 0. The lowest BCUT2D eigenvalue weighted by atomic mass is 9.87. The number of allylic oxidation sites excluding steroid dienone is 4. The first-order valence-corrected chi connectivity index (χ1v) is 4.30. The van der Waals surface area contributed by atoms with Crippen LogP contribution in [0.3, 0.4) is 0 Å². The van der Waals surface area contributed by atoms with Crippen LogP contribution in [-0.2, 0) is 9.59 Å². The summed E-state index contributed by atoms with van der Waals surface area (Å²) in [6, 6.07) is 0. The Bertz CT molecular complexity index is 317. The molecule has 2 nitrogen and oxygen atoms in total. The van der Waals surface area contributed by atoms with Crippen molar-refractivity contribution in [3.63, 3.8) is 0 Å². The molecule has 1 atom stereocenters. The molecule has 0 fully saturated rings. The van der Waals surface area contributed by atoms with Crippen LogP contribution in [-0.4, -0.2) is 11.7 Å². The molecule has 0 amide bonds. The minimum atomic E-state index is 0.0242. The van der Waals surface area contributed by atoms with E-state index in [1.807, 2.05) is 12.9 Å². The predicted octanol–water partition coefficient (Wildman–Crippen LogP) is 1.86. The monoisotopic (exact) mass is 176 g/mol. The third-order valence-electron chi connectivity index (χ3n) is 2.25. The Hall–Kier alpha value is -1.40. The minimum absolute atomic E-state index is 0.0242. The van der Waals surface area contributed by atoms with Gasteiger partial charge in [-0.15, -0.1) is 6.58 Å². The predicted molar refractivity (Wildman–Crippen MR) is 50.9 cm³/mol. The van der Waals surface area contributed by atoms with Crippen molar-refractivity contribution in [3.8, 4) is 0 Å². The van der Waals surface area contributed by atoms with Crippen molar-refractivity contribution in [2.24, 2.45) is 5.92 Å². The van der Waals surface area contributed by atoms with Crippen LogP contribution in [0.4, 0.5) is 0 Å². The Morgan fingerprint density at radius 3 is 2.85 bits per heavy atom. The summed E-state index contributed by atoms with van der Waals surface area (Å²) in [5.41, 5.74) is 1.27. The van der Waals surface area contributed by atoms with Crippen LogP contribution < -0.4 is 0 Å². The number of hydrogen-bond donors (Lipinski definition) is 0. The molecular formula is C11H12O2. The highest BCUT2D eigenvalue weighted by Crippen LogP contribution is 2.23. The maximum atomic E-state index is 11.4. The van der Waals surface area contributed by atoms with E-state index in [1.54, 1.807) is 12.2 Å². The van der Waals surface area contributed by atoms with E-state index in [1.165, 1.54) is 0 Å². The van der Waals surface area contributed by atoms with Crippen molar-refractivity contribution >= 4 is 11.7 Å². The first kappa shape index (κ1) is 9.69. The Kier molecular flexibility index (Phi) is 2.99. The molecule has 0 bridgehead atoms. The van der Waals surface area contributed by atoms with E-state index in [4.69, 9.17) is 0 Å². The first-order valence-electron chi connectivity index (χ1n) is 4.30. The van der Waals surface area contributed by atoms with Crippen LogP contribution in [0, 0.1) is 5.92 Å². The van der Waals surface area contributed by atoms with Gasteiger partial charge in [0.15, 0.2) is 5.78 Å². The van der Waals surface area contributed by atoms with Crippen LogP contribution >= 0.6 is 0 Å². The lowest BCUT2D eigenvalue weighted by Gasteiger charge is -2.15. The lowest BCUT2D eigenvalue weighted by Crippen LogP contribution is -2.13. The fourth-order valence-corrected chi connectivity index (χ4v) is 1.33. The molecule has 0 aromatic rings. The molecule has 1 unspecified atom stereocenters. The number of carbonyl (C=O) groups excluding carboxylic acids is 2. The van der Waals surface area contributed by atoms with Crippen LogP contribution in [0.25, 0.3) is 0 Å². The summed E-state index contributed by atoms with van der Waals surface area (Å²) in [5, 5.41) is 0. The number of carbonyl (C=O) groups is 1. The third kappa shape index (κ3) is 2.04. The van der Waals surface area contributed by atoms with Crippen molar-refractivity contribution < 1.29 is 9.59 Å². The molecule has 13 heavy (non-hydrogen) atoms. The van der Waals surface area contributed by atoms with E-state index in [-0.39, 0.29) is 11.7 Å². The molecule has 0 saturated heterocycles. The molecule has 0 spiro atoms. The zero-order valence-corrected chi connectivity index (χ0v) is 7.67. The molecule has 0 heterocycles. The van der Waals surface area contributed by atoms with Gasteiger partial charge in [0.1, 0.15) is 5.94 Å². The van der Waals surface area contributed by atoms with Gasteiger partial charge in [-0.25, -0.2) is 4.79 Å². The van der Waals surface area contributed by atoms with Gasteiger partial charge in [0.2, 0.25) is 0 Å². The quantitative estimate of drug-likeness (QED) is 0.475. The standard InChI is InChI=1S/C11H12O2/c1-3-8(2)10-6-9(7-12)4-5-11(10)13/h3,6,8H,1,4-5H2,2H3. The number of ketones is 1. The SMILES string of the molecule is C=CC(C)C1=CC(=C=O)CCC1=O. The fraction of sp³-hybridized carbons (Fsp3) is 0.364. The van der Waals surface area contributed by atoms with Gasteiger partial charge >= 0.3 is 0 Å². The molecule has 0 N–H and O–H groups in total. The summed E-state index contributed by atoms with van der Waals surface area (Å²) in [4.78, 5) is 21.8. The van der Waals surface area contributed by atoms with Crippen LogP contribution in [0.15, 0.2) is 29.9 Å². The maximum absolute atomic E-state index is 11.4. The van der Waals surface area contributed by atoms with E-state index in [2.05, 4.69) is 6.58 Å². The average molecular weight is 176 g/mol. The van der Waals surface area contributed by atoms with Crippen molar-refractivity contribution in [2.75, 3.05) is 0 Å². The van der Waals surface area contributed by atoms with Crippen molar-refractivity contribution in [3.05, 3.63) is 29.9 Å². The fourth-order valence-electron chi connectivity index (χ4n) is 1.33. The second-order valence-electron chi connectivity index (χ2n) is 3.17. The second kappa shape index (κ2) is 4.01. The Morgan fingerprint density at radius 2 is 2.31 bits per heavy atom. The average Bonchev–Trinajstić information content (AvgIpc) is 2.17. The smallest absolute Gasteiger partial charge is 0.159 e. The van der Waals surface area contributed by atoms with Gasteiger partial charge in [-0.2, -0.15) is 0 Å². The Morgan fingerprint density at radius 1 is 1.62 bits per heavy atom. The molecule has 1 rings (SSSR count). The summed E-state index contributed by atoms with van der Waals surface area (Å²) < 4.78 is 0. The molecule has 0 aromatic heterocycles. The van der Waals surface area contributed by atoms with Crippen molar-refractivity contribution in [1.82, 2.24) is 0 Å². The van der Waals surface area contributed by atoms with Crippen molar-refractivity contribution in [1.29, 1.82) is 0 Å². The molecule has 0 radical (unpaired) electrons. The molecule has 0 aliphatic heterocycles. The zero-order chi connectivity index (χ0) is 9.84. The number of Topliss-reactive ketones (excluding diaryl/α,β-unsaturated/α-hetero) is 1. The third-order valence-corrected chi connectivity index (χ3v) is 2.25. The Balaban J connectivity index is 3.03. The topological polar surface area (TPSA) is 34.1 Å². The summed E-state index contributed by atoms with van der Waals surface area (Å²) in [6.07, 6.45) is 4.30. The van der Waals surface area contributed by atoms with Gasteiger partial charge in [0.25, 0.3) is 0 Å². The summed E-state index contributed by atoms with van der Waals surface area (Å²) in [5.74, 6) is 1.98. The van der Waals surface area contributed by atoms with E-state index >= 15 is 0 Å². The van der Waals surface area contributed by atoms with E-state index in [0.717, 1.165) is 0 Å². The second-order valence-corrected chi connectivity index (χ2v) is 3.17. The van der Waals surface area contributed by atoms with Gasteiger partial charge < -0.3 is 0 Å². The van der Waals surface area contributed by atoms with Gasteiger partial charge in [0, 0.05) is 23.5 Å². The van der Waals surface area contributed by atoms with Gasteiger partial charge in [-0.1, -0.05) is 13.0 Å². The lowest BCUT2D eigenvalue weighted by molar-refractivity contribution is -0.116. The summed E-state index contributed by atoms with van der Waals surface area (Å²) in [7, 11) is 0. The van der Waals surface area contributed by atoms with Gasteiger partial charge in [-0.05, 0) is 12.5 Å². The van der Waals surface area contributed by atoms with Crippen LogP contribution in [0.1, 0.15) is 19.8 Å². The molecule has 2 heteroatoms. The molecule has 1 aliphatic rings.